The van der Waals surface area contributed by atoms with Gasteiger partial charge in [0.25, 0.3) is 5.67 Å². The second kappa shape index (κ2) is 24.2. The Morgan fingerprint density at radius 1 is 1.10 bits per heavy atom. The van der Waals surface area contributed by atoms with E-state index in [4.69, 9.17) is 34.3 Å². The number of hydrogen-bond acceptors (Lipinski definition) is 18. The van der Waals surface area contributed by atoms with Crippen LogP contribution >= 0.6 is 11.3 Å². The number of rotatable bonds is 13. The first-order valence-corrected chi connectivity index (χ1v) is 25.5. The maximum absolute atomic E-state index is 17.0. The summed E-state index contributed by atoms with van der Waals surface area (Å²) < 4.78 is 49.1. The number of carbonyl (C=O) groups excluding carboxylic acids is 4. The van der Waals surface area contributed by atoms with Crippen LogP contribution in [0.1, 0.15) is 114 Å². The number of fused-ring (bicyclic) bond motifs is 5. The second-order valence-electron chi connectivity index (χ2n) is 20.6. The van der Waals surface area contributed by atoms with Gasteiger partial charge in [-0.05, 0) is 91.4 Å². The third-order valence-corrected chi connectivity index (χ3v) is 14.6. The molecule has 396 valence electrons. The number of hydrogen-bond donors (Lipinski definition) is 4. The average molecular weight is 1020 g/mol. The molecule has 0 aromatic carbocycles. The van der Waals surface area contributed by atoms with Gasteiger partial charge >= 0.3 is 5.97 Å². The number of aromatic nitrogens is 2. The van der Waals surface area contributed by atoms with Crippen molar-refractivity contribution in [2.75, 3.05) is 32.6 Å². The number of alkyl halides is 1. The number of aliphatic hydroxyl groups excluding tert-OH is 1. The summed E-state index contributed by atoms with van der Waals surface area (Å²) in [5, 5.41) is 33.8. The molecule has 0 spiro atoms. The number of amides is 2. The van der Waals surface area contributed by atoms with Gasteiger partial charge in [-0.25, -0.2) is 19.2 Å². The Kier molecular flexibility index (Phi) is 19.7. The van der Waals surface area contributed by atoms with Gasteiger partial charge in [-0.1, -0.05) is 53.6 Å². The number of thiazole rings is 1. The zero-order valence-electron chi connectivity index (χ0n) is 43.5. The van der Waals surface area contributed by atoms with Crippen molar-refractivity contribution in [3.05, 3.63) is 29.4 Å². The molecule has 5 heterocycles. The Morgan fingerprint density at radius 3 is 2.42 bits per heavy atom. The molecule has 0 aliphatic carbocycles. The summed E-state index contributed by atoms with van der Waals surface area (Å²) in [6.45, 7) is 17.2. The predicted molar refractivity (Wildman–Crippen MR) is 265 cm³/mol. The Bertz CT molecular complexity index is 2220. The monoisotopic (exact) mass is 1020 g/mol. The number of Topliss-reactive ketones (excluding diaryl/α,β-unsaturated/α-hetero) is 1. The summed E-state index contributed by atoms with van der Waals surface area (Å²) >= 11 is 1.33. The Balaban J connectivity index is 1.57. The van der Waals surface area contributed by atoms with Gasteiger partial charge in [0.2, 0.25) is 11.8 Å². The summed E-state index contributed by atoms with van der Waals surface area (Å²) in [6.07, 6.45) is -4.50. The highest BCUT2D eigenvalue weighted by Crippen LogP contribution is 2.41. The number of aliphatic imine (C=N–C) groups is 1. The molecular weight excluding hydrogens is 942 g/mol. The minimum absolute atomic E-state index is 0.0204. The van der Waals surface area contributed by atoms with Gasteiger partial charge in [0.05, 0.1) is 48.9 Å². The molecular formula is C50H76FN7O12S. The van der Waals surface area contributed by atoms with Gasteiger partial charge in [-0.3, -0.25) is 19.4 Å². The molecule has 5 N–H and O–H groups in total. The van der Waals surface area contributed by atoms with E-state index in [-0.39, 0.29) is 56.6 Å². The van der Waals surface area contributed by atoms with Crippen LogP contribution in [0, 0.1) is 23.7 Å². The molecule has 3 aliphatic rings. The number of cyclic esters (lactones) is 1. The number of ketones is 1. The Labute approximate surface area is 420 Å². The molecule has 21 heteroatoms. The summed E-state index contributed by atoms with van der Waals surface area (Å²) in [7, 11) is 3.62. The third kappa shape index (κ3) is 13.9. The topological polar surface area (TPSA) is 256 Å². The standard InChI is InChI=1S/C50H76FN7O12S/c1-14-36-50(11,64)43-29(7)39(56-38(59)15-2)27(5)20-48(9,42(30(8)41(61)49(10,51)47(63)69-36)70-46-40(60)35(58(12)13)19-28(6)68-46)66-23-33(22-65-43)57-67-24-32-17-16-31(21-53-32)45-55-37(25-71-45)54-44(62)34(52)18-26(3)4/h16-17,21,25-30,34-36,40,42-43,46,60,64H,14-15,18-20,22-24,52H2,1-13H3,(H,54,62)/b56-39?,57-33+/t27-,28-,29+,30+,34+,35+,36-,40-,42-,43+,46+,48-,49+,50-/m1/s1. The average Bonchev–Trinajstić information content (AvgIpc) is 3.77. The van der Waals surface area contributed by atoms with Crippen molar-refractivity contribution in [3.63, 3.8) is 0 Å². The van der Waals surface area contributed by atoms with Gasteiger partial charge < -0.3 is 54.7 Å². The third-order valence-electron chi connectivity index (χ3n) is 13.7. The van der Waals surface area contributed by atoms with Gasteiger partial charge in [-0.2, -0.15) is 0 Å². The van der Waals surface area contributed by atoms with E-state index in [2.05, 4.69) is 25.4 Å². The highest BCUT2D eigenvalue weighted by Gasteiger charge is 2.57. The summed E-state index contributed by atoms with van der Waals surface area (Å²) in [4.78, 5) is 75.8. The number of nitrogens with one attached hydrogen (secondary N) is 1. The number of nitrogens with two attached hydrogens (primary N) is 1. The zero-order valence-corrected chi connectivity index (χ0v) is 44.3. The number of likely N-dealkylation sites (N-methyl/N-ethyl adjacent to an activating group) is 1. The van der Waals surface area contributed by atoms with E-state index in [1.165, 1.54) is 25.2 Å². The van der Waals surface area contributed by atoms with E-state index in [0.29, 0.717) is 40.6 Å². The molecule has 19 nitrogen and oxygen atoms in total. The number of carbonyl (C=O) groups is 4. The first-order chi connectivity index (χ1) is 33.2. The van der Waals surface area contributed by atoms with Gasteiger partial charge in [0.1, 0.15) is 34.3 Å². The molecule has 0 saturated carbocycles. The molecule has 5 rings (SSSR count). The first-order valence-electron chi connectivity index (χ1n) is 24.6. The number of ether oxygens (including phenoxy) is 5. The molecule has 0 radical (unpaired) electrons. The molecule has 2 bridgehead atoms. The van der Waals surface area contributed by atoms with Crippen molar-refractivity contribution in [2.24, 2.45) is 39.6 Å². The largest absolute Gasteiger partial charge is 0.457 e. The summed E-state index contributed by atoms with van der Waals surface area (Å²) in [6, 6.07) is 2.45. The van der Waals surface area contributed by atoms with E-state index in [1.807, 2.05) is 46.7 Å². The van der Waals surface area contributed by atoms with Crippen LogP contribution in [0.3, 0.4) is 0 Å². The fourth-order valence-corrected chi connectivity index (χ4v) is 10.5. The van der Waals surface area contributed by atoms with Crippen molar-refractivity contribution < 1.29 is 62.3 Å². The van der Waals surface area contributed by atoms with Crippen molar-refractivity contribution in [2.45, 2.75) is 181 Å². The number of halogens is 1. The van der Waals surface area contributed by atoms with E-state index in [1.54, 1.807) is 51.4 Å². The number of aliphatic hydroxyl groups is 2. The number of anilines is 1. The van der Waals surface area contributed by atoms with E-state index in [9.17, 15) is 29.4 Å². The minimum Gasteiger partial charge on any atom is -0.457 e. The Morgan fingerprint density at radius 2 is 1.80 bits per heavy atom. The molecule has 3 aliphatic heterocycles. The lowest BCUT2D eigenvalue weighted by Crippen LogP contribution is -2.61. The van der Waals surface area contributed by atoms with Crippen LogP contribution in [-0.4, -0.2) is 153 Å². The molecule has 0 unspecified atom stereocenters. The Hall–Kier alpha value is -4.19. The van der Waals surface area contributed by atoms with Crippen molar-refractivity contribution in [1.29, 1.82) is 0 Å². The van der Waals surface area contributed by atoms with Crippen LogP contribution in [0.15, 0.2) is 33.9 Å². The van der Waals surface area contributed by atoms with Gasteiger partial charge in [0, 0.05) is 47.2 Å². The van der Waals surface area contributed by atoms with Crippen molar-refractivity contribution in [3.8, 4) is 10.6 Å². The maximum Gasteiger partial charge on any atom is 0.351 e. The molecule has 71 heavy (non-hydrogen) atoms. The molecule has 2 amide bonds. The molecule has 3 saturated heterocycles. The van der Waals surface area contributed by atoms with Gasteiger partial charge in [-0.15, -0.1) is 11.3 Å². The fraction of sp³-hybridized carbons (Fsp3) is 0.720. The SMILES string of the molecule is CCC(=O)N=C1[C@H](C)C[C@@]2(C)OC/C(=N/OCc3ccc(-c4nc(NC(=O)[C@@H](N)CC(C)C)cs4)cn3)CO[C@@H]([C@H]1C)[C@](C)(O)[C@@H](CC)OC(=O)[C@@](C)(F)C(=O)[C@H](C)[C@H]2O[C@@H]1O[C@H](C)C[C@H](N(C)C)[C@H]1O. The smallest absolute Gasteiger partial charge is 0.351 e. The van der Waals surface area contributed by atoms with Crippen LogP contribution in [-0.2, 0) is 54.3 Å². The van der Waals surface area contributed by atoms with Crippen LogP contribution in [0.2, 0.25) is 0 Å². The quantitative estimate of drug-likeness (QED) is 0.111. The van der Waals surface area contributed by atoms with Crippen LogP contribution in [0.4, 0.5) is 10.2 Å². The van der Waals surface area contributed by atoms with Crippen molar-refractivity contribution in [1.82, 2.24) is 14.9 Å². The lowest BCUT2D eigenvalue weighted by Gasteiger charge is -2.47. The number of esters is 1. The highest BCUT2D eigenvalue weighted by molar-refractivity contribution is 7.13. The summed E-state index contributed by atoms with van der Waals surface area (Å²) in [5.74, 6) is -5.82. The van der Waals surface area contributed by atoms with E-state index < -0.39 is 101 Å². The lowest BCUT2D eigenvalue weighted by atomic mass is 9.73. The second-order valence-corrected chi connectivity index (χ2v) is 21.4. The predicted octanol–water partition coefficient (Wildman–Crippen LogP) is 5.43. The van der Waals surface area contributed by atoms with Crippen LogP contribution < -0.4 is 11.1 Å². The van der Waals surface area contributed by atoms with Crippen molar-refractivity contribution >= 4 is 52.1 Å². The highest BCUT2D eigenvalue weighted by atomic mass is 32.1. The number of nitrogens with zero attached hydrogens (tertiary/aromatic N) is 5. The van der Waals surface area contributed by atoms with Crippen LogP contribution in [0.25, 0.3) is 10.6 Å². The number of pyridine rings is 1. The maximum atomic E-state index is 17.0. The molecule has 2 aromatic heterocycles. The van der Waals surface area contributed by atoms with E-state index >= 15 is 4.39 Å². The lowest BCUT2D eigenvalue weighted by molar-refractivity contribution is -0.296. The molecule has 14 atom stereocenters. The summed E-state index contributed by atoms with van der Waals surface area (Å²) in [5.41, 5.74) is 0.791. The van der Waals surface area contributed by atoms with Gasteiger partial charge in [0.15, 0.2) is 18.7 Å². The fourth-order valence-electron chi connectivity index (χ4n) is 9.77. The first kappa shape index (κ1) is 57.7. The normalized spacial score (nSPS) is 35.1. The van der Waals surface area contributed by atoms with E-state index in [0.717, 1.165) is 6.92 Å². The van der Waals surface area contributed by atoms with Crippen LogP contribution in [0.5, 0.6) is 0 Å². The number of oxime groups is 1. The molecule has 3 fully saturated rings. The minimum atomic E-state index is -3.25. The molecule has 2 aromatic rings. The zero-order chi connectivity index (χ0) is 52.7.